The molecule has 1 N–H and O–H groups in total. The minimum Gasteiger partial charge on any atom is -0.494 e. The molecule has 0 atom stereocenters. The number of carbonyl (C=O) groups excluding carboxylic acids is 2. The summed E-state index contributed by atoms with van der Waals surface area (Å²) in [7, 11) is -3.61. The lowest BCUT2D eigenvalue weighted by molar-refractivity contribution is -0.117. The third-order valence-electron chi connectivity index (χ3n) is 4.73. The Morgan fingerprint density at radius 1 is 1.14 bits per heavy atom. The summed E-state index contributed by atoms with van der Waals surface area (Å²) in [5, 5.41) is 2.69. The van der Waals surface area contributed by atoms with Crippen molar-refractivity contribution in [3.8, 4) is 5.75 Å². The average Bonchev–Trinajstić information content (AvgIpc) is 3.12. The van der Waals surface area contributed by atoms with Gasteiger partial charge in [-0.25, -0.2) is 8.42 Å². The number of sulfone groups is 1. The molecule has 2 amide bonds. The van der Waals surface area contributed by atoms with Crippen LogP contribution in [0, 0.1) is 0 Å². The van der Waals surface area contributed by atoms with Gasteiger partial charge in [0.25, 0.3) is 0 Å². The van der Waals surface area contributed by atoms with Crippen LogP contribution in [0.3, 0.4) is 0 Å². The molecule has 0 spiro atoms. The van der Waals surface area contributed by atoms with Gasteiger partial charge >= 0.3 is 0 Å². The molecule has 0 saturated heterocycles. The van der Waals surface area contributed by atoms with Crippen LogP contribution in [0.2, 0.25) is 0 Å². The Morgan fingerprint density at radius 3 is 2.52 bits per heavy atom. The van der Waals surface area contributed by atoms with Gasteiger partial charge in [0.05, 0.1) is 17.3 Å². The summed E-state index contributed by atoms with van der Waals surface area (Å²) < 4.78 is 30.6. The van der Waals surface area contributed by atoms with Gasteiger partial charge in [0, 0.05) is 31.3 Å². The Labute approximate surface area is 170 Å². The van der Waals surface area contributed by atoms with Crippen molar-refractivity contribution < 1.29 is 22.7 Å². The predicted octanol–water partition coefficient (Wildman–Crippen LogP) is 2.80. The minimum atomic E-state index is -3.61. The first-order valence-electron chi connectivity index (χ1n) is 9.46. The van der Waals surface area contributed by atoms with Crippen molar-refractivity contribution in [2.75, 3.05) is 29.1 Å². The van der Waals surface area contributed by atoms with Gasteiger partial charge in [-0.15, -0.1) is 0 Å². The first kappa shape index (κ1) is 20.9. The maximum absolute atomic E-state index is 12.6. The third-order valence-corrected chi connectivity index (χ3v) is 6.45. The normalized spacial score (nSPS) is 13.1. The number of nitrogens with one attached hydrogen (secondary N) is 1. The van der Waals surface area contributed by atoms with E-state index in [2.05, 4.69) is 5.32 Å². The third kappa shape index (κ3) is 4.95. The zero-order valence-corrected chi connectivity index (χ0v) is 17.3. The highest BCUT2D eigenvalue weighted by molar-refractivity contribution is 7.91. The van der Waals surface area contributed by atoms with Crippen molar-refractivity contribution in [1.29, 1.82) is 0 Å². The molecule has 3 rings (SSSR count). The average molecular weight is 416 g/mol. The van der Waals surface area contributed by atoms with Crippen LogP contribution >= 0.6 is 0 Å². The van der Waals surface area contributed by atoms with Gasteiger partial charge < -0.3 is 15.0 Å². The summed E-state index contributed by atoms with van der Waals surface area (Å²) in [6.45, 7) is 4.48. The van der Waals surface area contributed by atoms with E-state index in [1.54, 1.807) is 41.3 Å². The maximum Gasteiger partial charge on any atom is 0.225 e. The van der Waals surface area contributed by atoms with Crippen LogP contribution in [0.15, 0.2) is 47.4 Å². The van der Waals surface area contributed by atoms with E-state index in [0.717, 1.165) is 11.3 Å². The molecule has 29 heavy (non-hydrogen) atoms. The number of nitrogens with zero attached hydrogens (tertiary/aromatic N) is 1. The van der Waals surface area contributed by atoms with Gasteiger partial charge in [-0.1, -0.05) is 0 Å². The quantitative estimate of drug-likeness (QED) is 0.749. The fourth-order valence-corrected chi connectivity index (χ4v) is 4.56. The van der Waals surface area contributed by atoms with Gasteiger partial charge in [-0.2, -0.15) is 0 Å². The van der Waals surface area contributed by atoms with E-state index in [9.17, 15) is 18.0 Å². The molecule has 154 valence electrons. The van der Waals surface area contributed by atoms with Crippen molar-refractivity contribution in [2.45, 2.75) is 31.6 Å². The lowest BCUT2D eigenvalue weighted by atomic mass is 10.2. The van der Waals surface area contributed by atoms with E-state index in [4.69, 9.17) is 4.74 Å². The molecule has 2 aromatic rings. The van der Waals surface area contributed by atoms with Gasteiger partial charge in [-0.3, -0.25) is 9.59 Å². The Balaban J connectivity index is 1.61. The number of hydrogen-bond donors (Lipinski definition) is 1. The van der Waals surface area contributed by atoms with E-state index in [1.165, 1.54) is 13.0 Å². The molecule has 0 fully saturated rings. The molecule has 0 radical (unpaired) electrons. The first-order valence-corrected chi connectivity index (χ1v) is 11.1. The van der Waals surface area contributed by atoms with Crippen LogP contribution in [0.4, 0.5) is 11.4 Å². The SMILES string of the molecule is CCOc1ccc(NC(=O)CCS(=O)(=O)c2ccc3c(c2)CCN3C(C)=O)cc1. The van der Waals surface area contributed by atoms with Crippen LogP contribution < -0.4 is 15.0 Å². The molecule has 1 aliphatic rings. The zero-order chi connectivity index (χ0) is 21.0. The highest BCUT2D eigenvalue weighted by Crippen LogP contribution is 2.30. The van der Waals surface area contributed by atoms with Crippen LogP contribution in [0.25, 0.3) is 0 Å². The second-order valence-corrected chi connectivity index (χ2v) is 8.89. The number of ether oxygens (including phenoxy) is 1. The molecular weight excluding hydrogens is 392 g/mol. The molecule has 0 unspecified atom stereocenters. The van der Waals surface area contributed by atoms with Crippen molar-refractivity contribution >= 4 is 33.0 Å². The Bertz CT molecular complexity index is 1020. The van der Waals surface area contributed by atoms with Crippen molar-refractivity contribution in [3.05, 3.63) is 48.0 Å². The standard InChI is InChI=1S/C21H24N2O5S/c1-3-28-18-6-4-17(5-7-18)22-21(25)11-13-29(26,27)19-8-9-20-16(14-19)10-12-23(20)15(2)24/h4-9,14H,3,10-13H2,1-2H3,(H,22,25). The zero-order valence-electron chi connectivity index (χ0n) is 16.5. The van der Waals surface area contributed by atoms with E-state index in [1.807, 2.05) is 6.92 Å². The molecule has 0 saturated carbocycles. The van der Waals surface area contributed by atoms with Crippen molar-refractivity contribution in [1.82, 2.24) is 0 Å². The van der Waals surface area contributed by atoms with E-state index < -0.39 is 9.84 Å². The van der Waals surface area contributed by atoms with E-state index in [0.29, 0.717) is 31.0 Å². The lowest BCUT2D eigenvalue weighted by Gasteiger charge is -2.15. The summed E-state index contributed by atoms with van der Waals surface area (Å²) in [5.41, 5.74) is 2.17. The summed E-state index contributed by atoms with van der Waals surface area (Å²) in [4.78, 5) is 25.6. The fraction of sp³-hybridized carbons (Fsp3) is 0.333. The van der Waals surface area contributed by atoms with Crippen molar-refractivity contribution in [3.63, 3.8) is 0 Å². The van der Waals surface area contributed by atoms with E-state index in [-0.39, 0.29) is 28.9 Å². The number of amides is 2. The molecule has 2 aromatic carbocycles. The highest BCUT2D eigenvalue weighted by Gasteiger charge is 2.25. The second kappa shape index (κ2) is 8.65. The maximum atomic E-state index is 12.6. The first-order chi connectivity index (χ1) is 13.8. The van der Waals surface area contributed by atoms with Gasteiger partial charge in [-0.05, 0) is 61.4 Å². The topological polar surface area (TPSA) is 92.8 Å². The lowest BCUT2D eigenvalue weighted by Crippen LogP contribution is -2.25. The molecule has 0 aliphatic carbocycles. The Morgan fingerprint density at radius 2 is 1.86 bits per heavy atom. The largest absolute Gasteiger partial charge is 0.494 e. The fourth-order valence-electron chi connectivity index (χ4n) is 3.27. The summed E-state index contributed by atoms with van der Waals surface area (Å²) >= 11 is 0. The second-order valence-electron chi connectivity index (χ2n) is 6.79. The number of benzene rings is 2. The van der Waals surface area contributed by atoms with Gasteiger partial charge in [0.15, 0.2) is 9.84 Å². The summed E-state index contributed by atoms with van der Waals surface area (Å²) in [5.74, 6) is -0.0228. The van der Waals surface area contributed by atoms with Gasteiger partial charge in [0.1, 0.15) is 5.75 Å². The minimum absolute atomic E-state index is 0.0645. The summed E-state index contributed by atoms with van der Waals surface area (Å²) in [6.07, 6.45) is 0.475. The molecule has 0 bridgehead atoms. The number of hydrogen-bond acceptors (Lipinski definition) is 5. The number of rotatable bonds is 7. The summed E-state index contributed by atoms with van der Waals surface area (Å²) in [6, 6.07) is 11.7. The molecule has 1 heterocycles. The molecule has 0 aromatic heterocycles. The molecule has 8 heteroatoms. The molecular formula is C21H24N2O5S. The smallest absolute Gasteiger partial charge is 0.225 e. The van der Waals surface area contributed by atoms with E-state index >= 15 is 0 Å². The molecule has 7 nitrogen and oxygen atoms in total. The van der Waals surface area contributed by atoms with Crippen LogP contribution in [0.1, 0.15) is 25.8 Å². The number of carbonyl (C=O) groups is 2. The van der Waals surface area contributed by atoms with Crippen LogP contribution in [0.5, 0.6) is 5.75 Å². The highest BCUT2D eigenvalue weighted by atomic mass is 32.2. The molecule has 1 aliphatic heterocycles. The Kier molecular flexibility index (Phi) is 6.22. The van der Waals surface area contributed by atoms with Crippen molar-refractivity contribution in [2.24, 2.45) is 0 Å². The monoisotopic (exact) mass is 416 g/mol. The number of anilines is 2. The van der Waals surface area contributed by atoms with Crippen LogP contribution in [-0.4, -0.2) is 39.1 Å². The number of fused-ring (bicyclic) bond motifs is 1. The Hall–Kier alpha value is -2.87. The predicted molar refractivity (Wildman–Crippen MR) is 111 cm³/mol. The van der Waals surface area contributed by atoms with Gasteiger partial charge in [0.2, 0.25) is 11.8 Å². The van der Waals surface area contributed by atoms with Crippen LogP contribution in [-0.2, 0) is 25.8 Å².